The number of hydrogen-bond acceptors (Lipinski definition) is 3. The highest BCUT2D eigenvalue weighted by atomic mass is 16.2. The Kier molecular flexibility index (Phi) is 4.85. The van der Waals surface area contributed by atoms with Gasteiger partial charge in [-0.15, -0.1) is 0 Å². The van der Waals surface area contributed by atoms with E-state index >= 15 is 0 Å². The summed E-state index contributed by atoms with van der Waals surface area (Å²) < 4.78 is 0. The van der Waals surface area contributed by atoms with Crippen molar-refractivity contribution < 1.29 is 4.79 Å². The number of para-hydroxylation sites is 1. The first-order chi connectivity index (χ1) is 9.66. The predicted molar refractivity (Wildman–Crippen MR) is 80.3 cm³/mol. The van der Waals surface area contributed by atoms with Gasteiger partial charge in [-0.1, -0.05) is 18.2 Å². The van der Waals surface area contributed by atoms with Crippen LogP contribution in [0.1, 0.15) is 25.5 Å². The molecular formula is C16H19N3O. The van der Waals surface area contributed by atoms with Gasteiger partial charge in [0, 0.05) is 24.1 Å². The van der Waals surface area contributed by atoms with Gasteiger partial charge in [-0.05, 0) is 43.7 Å². The van der Waals surface area contributed by atoms with Gasteiger partial charge in [-0.25, -0.2) is 0 Å². The molecule has 2 atom stereocenters. The maximum Gasteiger partial charge on any atom is 0.241 e. The lowest BCUT2D eigenvalue weighted by molar-refractivity contribution is -0.117. The number of amides is 1. The van der Waals surface area contributed by atoms with Gasteiger partial charge in [-0.2, -0.15) is 0 Å². The molecule has 104 valence electrons. The van der Waals surface area contributed by atoms with E-state index in [4.69, 9.17) is 0 Å². The summed E-state index contributed by atoms with van der Waals surface area (Å²) >= 11 is 0. The molecule has 0 aliphatic carbocycles. The fourth-order valence-electron chi connectivity index (χ4n) is 1.97. The van der Waals surface area contributed by atoms with Crippen LogP contribution >= 0.6 is 0 Å². The van der Waals surface area contributed by atoms with Gasteiger partial charge < -0.3 is 5.32 Å². The maximum atomic E-state index is 12.1. The summed E-state index contributed by atoms with van der Waals surface area (Å²) in [7, 11) is 0. The second kappa shape index (κ2) is 6.82. The van der Waals surface area contributed by atoms with Crippen molar-refractivity contribution in [2.45, 2.75) is 25.9 Å². The highest BCUT2D eigenvalue weighted by Gasteiger charge is 2.16. The zero-order valence-electron chi connectivity index (χ0n) is 11.7. The third-order valence-corrected chi connectivity index (χ3v) is 3.14. The molecule has 4 heteroatoms. The third-order valence-electron chi connectivity index (χ3n) is 3.14. The maximum absolute atomic E-state index is 12.1. The summed E-state index contributed by atoms with van der Waals surface area (Å²) in [6.45, 7) is 3.89. The molecule has 1 heterocycles. The second-order valence-corrected chi connectivity index (χ2v) is 4.75. The molecule has 0 aliphatic heterocycles. The van der Waals surface area contributed by atoms with E-state index in [1.54, 1.807) is 12.4 Å². The third kappa shape index (κ3) is 3.90. The number of carbonyl (C=O) groups excluding carboxylic acids is 1. The van der Waals surface area contributed by atoms with Crippen LogP contribution in [0.15, 0.2) is 54.9 Å². The van der Waals surface area contributed by atoms with Gasteiger partial charge >= 0.3 is 0 Å². The summed E-state index contributed by atoms with van der Waals surface area (Å²) in [5, 5.41) is 6.16. The van der Waals surface area contributed by atoms with Crippen LogP contribution in [0.2, 0.25) is 0 Å². The Bertz CT molecular complexity index is 542. The van der Waals surface area contributed by atoms with E-state index in [1.165, 1.54) is 0 Å². The molecular weight excluding hydrogens is 250 g/mol. The molecule has 1 aromatic heterocycles. The zero-order valence-corrected chi connectivity index (χ0v) is 11.7. The number of pyridine rings is 1. The van der Waals surface area contributed by atoms with Gasteiger partial charge in [0.25, 0.3) is 0 Å². The van der Waals surface area contributed by atoms with Gasteiger partial charge in [0.1, 0.15) is 0 Å². The van der Waals surface area contributed by atoms with E-state index in [2.05, 4.69) is 15.6 Å². The average molecular weight is 269 g/mol. The molecule has 0 radical (unpaired) electrons. The minimum Gasteiger partial charge on any atom is -0.325 e. The summed E-state index contributed by atoms with van der Waals surface area (Å²) in [6, 6.07) is 13.2. The number of rotatable bonds is 5. The lowest BCUT2D eigenvalue weighted by Gasteiger charge is -2.19. The first kappa shape index (κ1) is 14.2. The van der Waals surface area contributed by atoms with Crippen molar-refractivity contribution in [3.63, 3.8) is 0 Å². The lowest BCUT2D eigenvalue weighted by atomic mass is 10.1. The van der Waals surface area contributed by atoms with Crippen molar-refractivity contribution in [1.29, 1.82) is 0 Å². The highest BCUT2D eigenvalue weighted by molar-refractivity contribution is 5.94. The zero-order chi connectivity index (χ0) is 14.4. The number of anilines is 1. The van der Waals surface area contributed by atoms with Crippen LogP contribution in [0, 0.1) is 0 Å². The van der Waals surface area contributed by atoms with Gasteiger partial charge in [0.2, 0.25) is 5.91 Å². The number of aromatic nitrogens is 1. The van der Waals surface area contributed by atoms with E-state index in [0.29, 0.717) is 0 Å². The molecule has 1 unspecified atom stereocenters. The van der Waals surface area contributed by atoms with Crippen LogP contribution in [-0.2, 0) is 4.79 Å². The Morgan fingerprint density at radius 3 is 2.35 bits per heavy atom. The van der Waals surface area contributed by atoms with Crippen LogP contribution in [0.25, 0.3) is 0 Å². The van der Waals surface area contributed by atoms with Crippen molar-refractivity contribution in [3.8, 4) is 0 Å². The summed E-state index contributed by atoms with van der Waals surface area (Å²) in [5.74, 6) is -0.0443. The van der Waals surface area contributed by atoms with Crippen molar-refractivity contribution in [2.24, 2.45) is 0 Å². The molecule has 4 nitrogen and oxygen atoms in total. The van der Waals surface area contributed by atoms with Gasteiger partial charge in [-0.3, -0.25) is 15.1 Å². The first-order valence-corrected chi connectivity index (χ1v) is 6.68. The smallest absolute Gasteiger partial charge is 0.241 e. The Morgan fingerprint density at radius 1 is 1.05 bits per heavy atom. The minimum atomic E-state index is -0.279. The molecule has 0 saturated carbocycles. The van der Waals surface area contributed by atoms with E-state index < -0.39 is 0 Å². The van der Waals surface area contributed by atoms with Crippen LogP contribution < -0.4 is 10.6 Å². The normalized spacial score (nSPS) is 13.5. The number of carbonyl (C=O) groups is 1. The van der Waals surface area contributed by atoms with E-state index in [1.807, 2.05) is 56.3 Å². The monoisotopic (exact) mass is 269 g/mol. The van der Waals surface area contributed by atoms with E-state index in [0.717, 1.165) is 11.3 Å². The Balaban J connectivity index is 1.91. The highest BCUT2D eigenvalue weighted by Crippen LogP contribution is 2.12. The van der Waals surface area contributed by atoms with Crippen molar-refractivity contribution in [1.82, 2.24) is 10.3 Å². The first-order valence-electron chi connectivity index (χ1n) is 6.68. The summed E-state index contributed by atoms with van der Waals surface area (Å²) in [5.41, 5.74) is 1.92. The molecule has 1 amide bonds. The van der Waals surface area contributed by atoms with Gasteiger partial charge in [0.05, 0.1) is 6.04 Å². The summed E-state index contributed by atoms with van der Waals surface area (Å²) in [6.07, 6.45) is 3.50. The Labute approximate surface area is 119 Å². The van der Waals surface area contributed by atoms with Crippen LogP contribution in [0.3, 0.4) is 0 Å². The van der Waals surface area contributed by atoms with Crippen molar-refractivity contribution >= 4 is 11.6 Å². The molecule has 0 spiro atoms. The molecule has 0 saturated heterocycles. The number of nitrogens with one attached hydrogen (secondary N) is 2. The Hall–Kier alpha value is -2.20. The molecule has 2 N–H and O–H groups in total. The minimum absolute atomic E-state index is 0.0443. The Morgan fingerprint density at radius 2 is 1.70 bits per heavy atom. The second-order valence-electron chi connectivity index (χ2n) is 4.75. The molecule has 0 aliphatic rings. The number of hydrogen-bond donors (Lipinski definition) is 2. The molecule has 1 aromatic carbocycles. The van der Waals surface area contributed by atoms with Crippen LogP contribution in [0.4, 0.5) is 5.69 Å². The van der Waals surface area contributed by atoms with Crippen molar-refractivity contribution in [2.75, 3.05) is 5.32 Å². The number of benzene rings is 1. The van der Waals surface area contributed by atoms with Crippen molar-refractivity contribution in [3.05, 3.63) is 60.4 Å². The lowest BCUT2D eigenvalue weighted by Crippen LogP contribution is -2.39. The SMILES string of the molecule is CC(N[C@H](C)c1ccncc1)C(=O)Nc1ccccc1. The molecule has 20 heavy (non-hydrogen) atoms. The quantitative estimate of drug-likeness (QED) is 0.877. The predicted octanol–water partition coefficient (Wildman–Crippen LogP) is 2.76. The standard InChI is InChI=1S/C16H19N3O/c1-12(14-8-10-17-11-9-14)18-13(2)16(20)19-15-6-4-3-5-7-15/h3-13,18H,1-2H3,(H,19,20)/t12-,13?/m1/s1. The largest absolute Gasteiger partial charge is 0.325 e. The fourth-order valence-corrected chi connectivity index (χ4v) is 1.97. The number of nitrogens with zero attached hydrogens (tertiary/aromatic N) is 1. The molecule has 2 rings (SSSR count). The molecule has 0 fully saturated rings. The topological polar surface area (TPSA) is 54.0 Å². The fraction of sp³-hybridized carbons (Fsp3) is 0.250. The van der Waals surface area contributed by atoms with E-state index in [-0.39, 0.29) is 18.0 Å². The van der Waals surface area contributed by atoms with Crippen LogP contribution in [0.5, 0.6) is 0 Å². The molecule has 2 aromatic rings. The molecule has 0 bridgehead atoms. The van der Waals surface area contributed by atoms with Gasteiger partial charge in [0.15, 0.2) is 0 Å². The van der Waals surface area contributed by atoms with Crippen LogP contribution in [-0.4, -0.2) is 16.9 Å². The van der Waals surface area contributed by atoms with E-state index in [9.17, 15) is 4.79 Å². The average Bonchev–Trinajstić information content (AvgIpc) is 2.49. The summed E-state index contributed by atoms with van der Waals surface area (Å²) in [4.78, 5) is 16.1.